The van der Waals surface area contributed by atoms with Crippen LogP contribution in [0.5, 0.6) is 5.88 Å². The molecule has 108 valence electrons. The summed E-state index contributed by atoms with van der Waals surface area (Å²) in [5.74, 6) is 2.23. The largest absolute Gasteiger partial charge is 0.481 e. The van der Waals surface area contributed by atoms with Crippen LogP contribution in [0.2, 0.25) is 0 Å². The minimum absolute atomic E-state index is 0.127. The van der Waals surface area contributed by atoms with Crippen molar-refractivity contribution < 1.29 is 4.74 Å². The lowest BCUT2D eigenvalue weighted by atomic mass is 9.80. The number of pyridine rings is 1. The van der Waals surface area contributed by atoms with E-state index in [2.05, 4.69) is 21.5 Å². The normalized spacial score (nSPS) is 18.8. The van der Waals surface area contributed by atoms with E-state index in [4.69, 9.17) is 16.3 Å². The molecule has 0 N–H and O–H groups in total. The van der Waals surface area contributed by atoms with E-state index in [0.717, 1.165) is 17.0 Å². The molecule has 3 rings (SSSR count). The highest BCUT2D eigenvalue weighted by Gasteiger charge is 2.29. The van der Waals surface area contributed by atoms with Crippen LogP contribution in [0.15, 0.2) is 12.1 Å². The summed E-state index contributed by atoms with van der Waals surface area (Å²) in [5.41, 5.74) is 1.77. The number of rotatable bonds is 4. The van der Waals surface area contributed by atoms with Crippen LogP contribution in [-0.4, -0.2) is 21.6 Å². The maximum Gasteiger partial charge on any atom is 0.215 e. The van der Waals surface area contributed by atoms with E-state index in [-0.39, 0.29) is 5.38 Å². The molecule has 0 radical (unpaired) electrons. The number of fused-ring (bicyclic) bond motifs is 1. The lowest BCUT2D eigenvalue weighted by Gasteiger charge is -2.33. The van der Waals surface area contributed by atoms with Crippen molar-refractivity contribution in [3.63, 3.8) is 0 Å². The predicted octanol–water partition coefficient (Wildman–Crippen LogP) is 4.10. The second-order valence-corrected chi connectivity index (χ2v) is 6.24. The minimum Gasteiger partial charge on any atom is -0.481 e. The average molecular weight is 294 g/mol. The van der Waals surface area contributed by atoms with Gasteiger partial charge in [0.25, 0.3) is 0 Å². The summed E-state index contributed by atoms with van der Waals surface area (Å²) in [6.45, 7) is 4.21. The monoisotopic (exact) mass is 293 g/mol. The Kier molecular flexibility index (Phi) is 3.59. The van der Waals surface area contributed by atoms with Gasteiger partial charge in [0.2, 0.25) is 5.88 Å². The van der Waals surface area contributed by atoms with Gasteiger partial charge in [-0.25, -0.2) is 4.98 Å². The average Bonchev–Trinajstić information content (AvgIpc) is 2.74. The summed E-state index contributed by atoms with van der Waals surface area (Å²) in [4.78, 5) is 9.24. The van der Waals surface area contributed by atoms with E-state index in [1.54, 1.807) is 7.11 Å². The molecule has 2 atom stereocenters. The van der Waals surface area contributed by atoms with Gasteiger partial charge < -0.3 is 9.30 Å². The van der Waals surface area contributed by atoms with Crippen LogP contribution in [0.3, 0.4) is 0 Å². The predicted molar refractivity (Wildman–Crippen MR) is 80.4 cm³/mol. The SMILES string of the molecule is COc1ccc2nc(C(C)Cl)n(C(C)C3CCC3)c2n1. The Labute approximate surface area is 124 Å². The molecule has 2 heterocycles. The number of hydrogen-bond acceptors (Lipinski definition) is 3. The van der Waals surface area contributed by atoms with E-state index in [0.29, 0.717) is 17.8 Å². The van der Waals surface area contributed by atoms with E-state index < -0.39 is 0 Å². The van der Waals surface area contributed by atoms with Crippen molar-refractivity contribution in [2.75, 3.05) is 7.11 Å². The van der Waals surface area contributed by atoms with Crippen molar-refractivity contribution in [3.05, 3.63) is 18.0 Å². The summed E-state index contributed by atoms with van der Waals surface area (Å²) >= 11 is 6.32. The molecule has 1 aliphatic rings. The number of ether oxygens (including phenoxy) is 1. The second-order valence-electron chi connectivity index (χ2n) is 5.58. The third-order valence-corrected chi connectivity index (χ3v) is 4.54. The Morgan fingerprint density at radius 2 is 2.05 bits per heavy atom. The molecule has 0 amide bonds. The molecule has 0 spiro atoms. The molecular formula is C15H20ClN3O. The van der Waals surface area contributed by atoms with Crippen molar-refractivity contribution in [2.24, 2.45) is 5.92 Å². The summed E-state index contributed by atoms with van der Waals surface area (Å²) in [6.07, 6.45) is 3.88. The molecule has 0 aliphatic heterocycles. The molecule has 2 aromatic heterocycles. The van der Waals surface area contributed by atoms with Crippen LogP contribution in [-0.2, 0) is 0 Å². The Balaban J connectivity index is 2.15. The van der Waals surface area contributed by atoms with Crippen LogP contribution in [0.25, 0.3) is 11.2 Å². The number of hydrogen-bond donors (Lipinski definition) is 0. The summed E-state index contributed by atoms with van der Waals surface area (Å²) in [7, 11) is 1.63. The van der Waals surface area contributed by atoms with Crippen molar-refractivity contribution in [2.45, 2.75) is 44.5 Å². The van der Waals surface area contributed by atoms with Gasteiger partial charge in [-0.1, -0.05) is 6.42 Å². The van der Waals surface area contributed by atoms with Gasteiger partial charge in [-0.15, -0.1) is 11.6 Å². The first kappa shape index (κ1) is 13.7. The number of methoxy groups -OCH3 is 1. The first-order chi connectivity index (χ1) is 9.61. The Hall–Kier alpha value is -1.29. The van der Waals surface area contributed by atoms with Crippen LogP contribution in [0, 0.1) is 5.92 Å². The van der Waals surface area contributed by atoms with Crippen LogP contribution < -0.4 is 4.74 Å². The standard InChI is InChI=1S/C15H20ClN3O/c1-9(16)14-17-12-7-8-13(20-3)18-15(12)19(14)10(2)11-5-4-6-11/h7-11H,4-6H2,1-3H3. The lowest BCUT2D eigenvalue weighted by Crippen LogP contribution is -2.24. The van der Waals surface area contributed by atoms with Gasteiger partial charge in [-0.3, -0.25) is 0 Å². The summed E-state index contributed by atoms with van der Waals surface area (Å²) in [5, 5.41) is -0.127. The summed E-state index contributed by atoms with van der Waals surface area (Å²) in [6, 6.07) is 4.18. The van der Waals surface area contributed by atoms with E-state index in [1.165, 1.54) is 19.3 Å². The zero-order valence-corrected chi connectivity index (χ0v) is 12.9. The highest BCUT2D eigenvalue weighted by atomic mass is 35.5. The van der Waals surface area contributed by atoms with Gasteiger partial charge >= 0.3 is 0 Å². The lowest BCUT2D eigenvalue weighted by molar-refractivity contribution is 0.222. The highest BCUT2D eigenvalue weighted by Crippen LogP contribution is 2.39. The van der Waals surface area contributed by atoms with Gasteiger partial charge in [0.15, 0.2) is 5.65 Å². The molecule has 0 saturated heterocycles. The number of halogens is 1. The summed E-state index contributed by atoms with van der Waals surface area (Å²) < 4.78 is 7.45. The third-order valence-electron chi connectivity index (χ3n) is 4.34. The maximum absolute atomic E-state index is 6.32. The Bertz CT molecular complexity index is 619. The zero-order valence-electron chi connectivity index (χ0n) is 12.1. The Morgan fingerprint density at radius 1 is 1.30 bits per heavy atom. The van der Waals surface area contributed by atoms with Crippen LogP contribution in [0.4, 0.5) is 0 Å². The van der Waals surface area contributed by atoms with Crippen molar-refractivity contribution >= 4 is 22.8 Å². The quantitative estimate of drug-likeness (QED) is 0.797. The fourth-order valence-electron chi connectivity index (χ4n) is 2.90. The van der Waals surface area contributed by atoms with Gasteiger partial charge in [-0.2, -0.15) is 4.98 Å². The van der Waals surface area contributed by atoms with Crippen LogP contribution in [0.1, 0.15) is 50.4 Å². The molecule has 4 nitrogen and oxygen atoms in total. The second kappa shape index (κ2) is 5.24. The third kappa shape index (κ3) is 2.16. The topological polar surface area (TPSA) is 39.9 Å². The maximum atomic E-state index is 6.32. The molecular weight excluding hydrogens is 274 g/mol. The smallest absolute Gasteiger partial charge is 0.215 e. The molecule has 1 fully saturated rings. The van der Waals surface area contributed by atoms with Gasteiger partial charge in [0.05, 0.1) is 12.5 Å². The molecule has 5 heteroatoms. The van der Waals surface area contributed by atoms with Crippen molar-refractivity contribution in [1.82, 2.24) is 14.5 Å². The number of alkyl halides is 1. The van der Waals surface area contributed by atoms with Crippen molar-refractivity contribution in [1.29, 1.82) is 0 Å². The Morgan fingerprint density at radius 3 is 2.60 bits per heavy atom. The minimum atomic E-state index is -0.127. The number of imidazole rings is 1. The number of aromatic nitrogens is 3. The van der Waals surface area contributed by atoms with Gasteiger partial charge in [0.1, 0.15) is 11.3 Å². The van der Waals surface area contributed by atoms with E-state index in [1.807, 2.05) is 19.1 Å². The fourth-order valence-corrected chi connectivity index (χ4v) is 3.06. The van der Waals surface area contributed by atoms with Gasteiger partial charge in [0, 0.05) is 12.1 Å². The van der Waals surface area contributed by atoms with Gasteiger partial charge in [-0.05, 0) is 38.7 Å². The van der Waals surface area contributed by atoms with E-state index in [9.17, 15) is 0 Å². The highest BCUT2D eigenvalue weighted by molar-refractivity contribution is 6.20. The van der Waals surface area contributed by atoms with Crippen LogP contribution >= 0.6 is 11.6 Å². The molecule has 0 aromatic carbocycles. The number of nitrogens with zero attached hydrogens (tertiary/aromatic N) is 3. The zero-order chi connectivity index (χ0) is 14.3. The molecule has 1 saturated carbocycles. The van der Waals surface area contributed by atoms with Crippen molar-refractivity contribution in [3.8, 4) is 5.88 Å². The molecule has 2 unspecified atom stereocenters. The molecule has 20 heavy (non-hydrogen) atoms. The molecule has 1 aliphatic carbocycles. The van der Waals surface area contributed by atoms with E-state index >= 15 is 0 Å². The first-order valence-electron chi connectivity index (χ1n) is 7.18. The molecule has 2 aromatic rings. The molecule has 0 bridgehead atoms. The fraction of sp³-hybridized carbons (Fsp3) is 0.600. The first-order valence-corrected chi connectivity index (χ1v) is 7.62.